The topological polar surface area (TPSA) is 253 Å². The van der Waals surface area contributed by atoms with Gasteiger partial charge in [0, 0.05) is 25.2 Å². The summed E-state index contributed by atoms with van der Waals surface area (Å²) < 4.78 is 30.4. The van der Waals surface area contributed by atoms with Crippen molar-refractivity contribution in [1.29, 1.82) is 0 Å². The van der Waals surface area contributed by atoms with Gasteiger partial charge in [0.2, 0.25) is 11.3 Å². The number of aliphatic hydroxyl groups is 1. The smallest absolute Gasteiger partial charge is 0.437 e. The maximum absolute atomic E-state index is 13.2. The number of oxime groups is 1. The zero-order chi connectivity index (χ0) is 46.1. The summed E-state index contributed by atoms with van der Waals surface area (Å²) in [5, 5.41) is 30.8. The van der Waals surface area contributed by atoms with Crippen molar-refractivity contribution in [2.24, 2.45) is 17.2 Å². The lowest BCUT2D eigenvalue weighted by Crippen LogP contribution is -2.39. The molecule has 61 heavy (non-hydrogen) atoms. The van der Waals surface area contributed by atoms with Crippen LogP contribution in [-0.2, 0) is 47.0 Å². The summed E-state index contributed by atoms with van der Waals surface area (Å²) in [5.41, 5.74) is -2.74. The molecule has 4 N–H and O–H groups in total. The summed E-state index contributed by atoms with van der Waals surface area (Å²) in [4.78, 5) is 76.2. The third kappa shape index (κ3) is 17.3. The van der Waals surface area contributed by atoms with Crippen LogP contribution < -0.4 is 21.0 Å². The molecule has 2 aromatic heterocycles. The van der Waals surface area contributed by atoms with Crippen LogP contribution in [0.25, 0.3) is 11.3 Å². The molecule has 0 saturated carbocycles. The van der Waals surface area contributed by atoms with E-state index in [2.05, 4.69) is 25.8 Å². The van der Waals surface area contributed by atoms with Gasteiger partial charge in [-0.3, -0.25) is 5.32 Å². The second kappa shape index (κ2) is 20.1. The molecule has 1 unspecified atom stereocenters. The molecule has 0 radical (unpaired) electrons. The van der Waals surface area contributed by atoms with Crippen molar-refractivity contribution in [1.82, 2.24) is 19.4 Å². The first kappa shape index (κ1) is 49.4. The van der Waals surface area contributed by atoms with Gasteiger partial charge in [0.15, 0.2) is 5.13 Å². The highest BCUT2D eigenvalue weighted by Gasteiger charge is 2.30. The van der Waals surface area contributed by atoms with Crippen molar-refractivity contribution >= 4 is 52.4 Å². The van der Waals surface area contributed by atoms with Gasteiger partial charge in [-0.05, 0) is 113 Å². The molecule has 3 amide bonds. The van der Waals surface area contributed by atoms with Gasteiger partial charge in [-0.25, -0.2) is 29.0 Å². The van der Waals surface area contributed by atoms with Gasteiger partial charge in [0.1, 0.15) is 40.5 Å². The van der Waals surface area contributed by atoms with Gasteiger partial charge in [-0.1, -0.05) is 5.16 Å². The number of carbonyl (C=O) groups is 5. The van der Waals surface area contributed by atoms with E-state index in [-0.39, 0.29) is 35.3 Å². The van der Waals surface area contributed by atoms with Crippen molar-refractivity contribution in [3.8, 4) is 17.0 Å². The maximum Gasteiger partial charge on any atom is 0.437 e. The third-order valence-electron chi connectivity index (χ3n) is 7.12. The van der Waals surface area contributed by atoms with E-state index in [9.17, 15) is 34.2 Å². The van der Waals surface area contributed by atoms with Gasteiger partial charge >= 0.3 is 30.2 Å². The lowest BCUT2D eigenvalue weighted by atomic mass is 10.1. The first-order valence-corrected chi connectivity index (χ1v) is 19.9. The summed E-state index contributed by atoms with van der Waals surface area (Å²) in [7, 11) is 1.67. The minimum absolute atomic E-state index is 0.0395. The number of hydrogen-bond donors (Lipinski definition) is 4. The van der Waals surface area contributed by atoms with Crippen molar-refractivity contribution in [2.75, 3.05) is 18.5 Å². The number of carbonyl (C=O) groups excluding carboxylic acids is 4. The van der Waals surface area contributed by atoms with Crippen LogP contribution in [0.5, 0.6) is 5.75 Å². The Balaban J connectivity index is 1.86. The second-order valence-electron chi connectivity index (χ2n) is 17.5. The normalized spacial score (nSPS) is 13.7. The number of hydrogen-bond acceptors (Lipinski definition) is 15. The van der Waals surface area contributed by atoms with Crippen molar-refractivity contribution in [3.63, 3.8) is 0 Å². The number of carboxylic acids is 1. The van der Waals surface area contributed by atoms with Crippen LogP contribution in [0.1, 0.15) is 88.8 Å². The number of ether oxygens (including phenoxy) is 5. The number of anilines is 1. The number of aromatic nitrogens is 3. The standard InChI is InChI=1S/C40H57N7O13S/c1-37(2,3)56-31(51)28(60-45-29(30(49)50)26-22-61-32(42-26)43-35(53)58-39(7,8)9)21-55-25-16-14-23(15-17-25)27-20-47(19-24(48)18-41-34(52)57-38(4,5)6)33(46(27)13)44-36(54)59-40(10,11)12/h14-17,20,22,24,28,48H,18-19,21H2,1-13H3,(H,41,52)(H,49,50)(H,42,43,53)/b44-33+,45-29-/t24?,28-/m0/s1. The average Bonchev–Trinajstić information content (AvgIpc) is 3.65. The van der Waals surface area contributed by atoms with E-state index in [1.807, 2.05) is 0 Å². The molecule has 336 valence electrons. The average molecular weight is 876 g/mol. The number of aliphatic carboxylic acids is 1. The lowest BCUT2D eigenvalue weighted by molar-refractivity contribution is -0.170. The van der Waals surface area contributed by atoms with Gasteiger partial charge in [-0.2, -0.15) is 0 Å². The number of carboxylic acid groups (broad SMARTS) is 1. The summed E-state index contributed by atoms with van der Waals surface area (Å²) in [6, 6.07) is 6.59. The number of aliphatic hydroxyl groups excluding tert-OH is 1. The molecule has 0 bridgehead atoms. The van der Waals surface area contributed by atoms with E-state index >= 15 is 0 Å². The van der Waals surface area contributed by atoms with E-state index in [0.717, 1.165) is 11.3 Å². The maximum atomic E-state index is 13.2. The van der Waals surface area contributed by atoms with E-state index in [1.165, 1.54) is 5.38 Å². The Morgan fingerprint density at radius 2 is 1.41 bits per heavy atom. The quantitative estimate of drug-likeness (QED) is 0.0665. The molecule has 0 saturated heterocycles. The summed E-state index contributed by atoms with van der Waals surface area (Å²) >= 11 is 0.922. The number of rotatable bonds is 14. The largest absolute Gasteiger partial charge is 0.489 e. The van der Waals surface area contributed by atoms with Crippen molar-refractivity contribution in [2.45, 2.75) is 124 Å². The van der Waals surface area contributed by atoms with Gasteiger partial charge in [-0.15, -0.1) is 16.3 Å². The highest BCUT2D eigenvalue weighted by molar-refractivity contribution is 7.14. The van der Waals surface area contributed by atoms with Crippen molar-refractivity contribution in [3.05, 3.63) is 47.2 Å². The fourth-order valence-electron chi connectivity index (χ4n) is 4.85. The SMILES string of the molecule is Cn1c(-c2ccc(OC[C@H](O/N=C(\C(=O)O)c3csc(NC(=O)OC(C)(C)C)n3)C(=O)OC(C)(C)C)cc2)cn(CC(O)CNC(=O)OC(C)(C)C)/c1=N/C(=O)OC(C)(C)C. The van der Waals surface area contributed by atoms with E-state index < -0.39 is 77.1 Å². The second-order valence-corrected chi connectivity index (χ2v) is 18.4. The van der Waals surface area contributed by atoms with Crippen LogP contribution >= 0.6 is 11.3 Å². The molecule has 0 aliphatic heterocycles. The highest BCUT2D eigenvalue weighted by atomic mass is 32.1. The third-order valence-corrected chi connectivity index (χ3v) is 7.88. The molecular weight excluding hydrogens is 819 g/mol. The number of nitrogens with one attached hydrogen (secondary N) is 2. The highest BCUT2D eigenvalue weighted by Crippen LogP contribution is 2.23. The van der Waals surface area contributed by atoms with Crippen LogP contribution in [0.15, 0.2) is 46.0 Å². The van der Waals surface area contributed by atoms with Crippen molar-refractivity contribution < 1.29 is 62.7 Å². The van der Waals surface area contributed by atoms with Crippen LogP contribution in [0.3, 0.4) is 0 Å². The zero-order valence-corrected chi connectivity index (χ0v) is 37.6. The number of imidazole rings is 1. The summed E-state index contributed by atoms with van der Waals surface area (Å²) in [5.74, 6) is -2.13. The molecule has 2 heterocycles. The molecule has 3 aromatic rings. The number of benzene rings is 1. The zero-order valence-electron chi connectivity index (χ0n) is 36.8. The molecule has 3 rings (SSSR count). The predicted molar refractivity (Wildman–Crippen MR) is 223 cm³/mol. The monoisotopic (exact) mass is 875 g/mol. The molecule has 20 nitrogen and oxygen atoms in total. The van der Waals surface area contributed by atoms with E-state index in [0.29, 0.717) is 11.3 Å². The Morgan fingerprint density at radius 1 is 0.836 bits per heavy atom. The van der Waals surface area contributed by atoms with Crippen LogP contribution in [0, 0.1) is 0 Å². The van der Waals surface area contributed by atoms with Gasteiger partial charge < -0.3 is 53.2 Å². The minimum atomic E-state index is -1.54. The first-order chi connectivity index (χ1) is 28.0. The van der Waals surface area contributed by atoms with Crippen LogP contribution in [-0.4, -0.2) is 108 Å². The summed E-state index contributed by atoms with van der Waals surface area (Å²) in [6.07, 6.45) is -3.32. The fourth-order valence-corrected chi connectivity index (χ4v) is 5.53. The number of esters is 1. The molecule has 0 fully saturated rings. The fraction of sp³-hybridized carbons (Fsp3) is 0.550. The molecule has 1 aromatic carbocycles. The molecule has 0 spiro atoms. The van der Waals surface area contributed by atoms with E-state index in [1.54, 1.807) is 130 Å². The number of thiazole rings is 1. The first-order valence-electron chi connectivity index (χ1n) is 19.1. The lowest BCUT2D eigenvalue weighted by Gasteiger charge is -2.23. The Bertz CT molecular complexity index is 2130. The number of nitrogens with zero attached hydrogens (tertiary/aromatic N) is 5. The molecule has 0 aliphatic rings. The van der Waals surface area contributed by atoms with Crippen LogP contribution in [0.2, 0.25) is 0 Å². The Labute approximate surface area is 357 Å². The summed E-state index contributed by atoms with van der Waals surface area (Å²) in [6.45, 7) is 19.6. The Morgan fingerprint density at radius 3 is 1.97 bits per heavy atom. The Hall–Kier alpha value is -5.96. The molecular formula is C40H57N7O13S. The van der Waals surface area contributed by atoms with E-state index in [4.69, 9.17) is 28.5 Å². The van der Waals surface area contributed by atoms with Crippen LogP contribution in [0.4, 0.5) is 19.5 Å². The van der Waals surface area contributed by atoms with Gasteiger partial charge in [0.05, 0.1) is 18.3 Å². The minimum Gasteiger partial charge on any atom is -0.489 e. The van der Waals surface area contributed by atoms with Gasteiger partial charge in [0.25, 0.3) is 6.10 Å². The Kier molecular flexibility index (Phi) is 16.3. The number of alkyl carbamates (subject to hydrolysis) is 1. The molecule has 21 heteroatoms. The predicted octanol–water partition coefficient (Wildman–Crippen LogP) is 5.61. The molecule has 2 atom stereocenters. The molecule has 0 aliphatic carbocycles. The number of amides is 3.